The third-order valence-electron chi connectivity index (χ3n) is 5.87. The third-order valence-corrected chi connectivity index (χ3v) is 5.87. The number of hydrogen-bond donors (Lipinski definition) is 2. The van der Waals surface area contributed by atoms with Gasteiger partial charge in [0, 0.05) is 25.5 Å². The Morgan fingerprint density at radius 1 is 1.00 bits per heavy atom. The standard InChI is InChI=1S/C26H28N4O3/c1-27-25(32)26(23-10-5-6-16-28-23)15-7-17-30(19-26)18-24(31)29-20-11-13-22(14-12-20)33-21-8-3-2-4-9-21/h2-6,8-14,16H,7,15,17-19H2,1H3,(H,27,32)(H,29,31). The number of amides is 2. The number of carbonyl (C=O) groups is 2. The van der Waals surface area contributed by atoms with Gasteiger partial charge in [-0.05, 0) is 67.9 Å². The summed E-state index contributed by atoms with van der Waals surface area (Å²) in [5.41, 5.74) is 0.675. The number of hydrogen-bond acceptors (Lipinski definition) is 5. The van der Waals surface area contributed by atoms with E-state index >= 15 is 0 Å². The van der Waals surface area contributed by atoms with Crippen LogP contribution in [-0.4, -0.2) is 48.4 Å². The lowest BCUT2D eigenvalue weighted by Crippen LogP contribution is -2.55. The lowest BCUT2D eigenvalue weighted by atomic mass is 9.75. The molecule has 3 aromatic rings. The molecule has 0 aliphatic carbocycles. The summed E-state index contributed by atoms with van der Waals surface area (Å²) < 4.78 is 5.79. The first-order valence-corrected chi connectivity index (χ1v) is 11.1. The van der Waals surface area contributed by atoms with Crippen molar-refractivity contribution in [1.82, 2.24) is 15.2 Å². The molecule has 2 amide bonds. The van der Waals surface area contributed by atoms with Crippen molar-refractivity contribution >= 4 is 17.5 Å². The van der Waals surface area contributed by atoms with E-state index in [0.717, 1.165) is 24.4 Å². The molecular formula is C26H28N4O3. The van der Waals surface area contributed by atoms with E-state index in [-0.39, 0.29) is 18.4 Å². The molecule has 1 unspecified atom stereocenters. The van der Waals surface area contributed by atoms with E-state index in [1.807, 2.05) is 77.7 Å². The fourth-order valence-electron chi connectivity index (χ4n) is 4.31. The summed E-state index contributed by atoms with van der Waals surface area (Å²) in [6, 6.07) is 22.4. The van der Waals surface area contributed by atoms with E-state index in [0.29, 0.717) is 24.4 Å². The summed E-state index contributed by atoms with van der Waals surface area (Å²) in [5.74, 6) is 1.26. The van der Waals surface area contributed by atoms with Crippen LogP contribution in [0.1, 0.15) is 18.5 Å². The second kappa shape index (κ2) is 10.3. The number of para-hydroxylation sites is 1. The van der Waals surface area contributed by atoms with Gasteiger partial charge < -0.3 is 15.4 Å². The van der Waals surface area contributed by atoms with Crippen molar-refractivity contribution in [3.8, 4) is 11.5 Å². The highest BCUT2D eigenvalue weighted by Crippen LogP contribution is 2.33. The molecule has 4 rings (SSSR count). The Labute approximate surface area is 193 Å². The number of piperidine rings is 1. The second-order valence-corrected chi connectivity index (χ2v) is 8.18. The first-order chi connectivity index (χ1) is 16.1. The quantitative estimate of drug-likeness (QED) is 0.582. The van der Waals surface area contributed by atoms with Gasteiger partial charge in [-0.25, -0.2) is 0 Å². The minimum atomic E-state index is -0.759. The van der Waals surface area contributed by atoms with Crippen molar-refractivity contribution in [2.45, 2.75) is 18.3 Å². The number of benzene rings is 2. The first-order valence-electron chi connectivity index (χ1n) is 11.1. The Morgan fingerprint density at radius 3 is 2.42 bits per heavy atom. The maximum Gasteiger partial charge on any atom is 0.238 e. The molecule has 0 radical (unpaired) electrons. The zero-order chi connectivity index (χ0) is 23.1. The molecule has 1 fully saturated rings. The van der Waals surface area contributed by atoms with Crippen LogP contribution in [-0.2, 0) is 15.0 Å². The fourth-order valence-corrected chi connectivity index (χ4v) is 4.31. The van der Waals surface area contributed by atoms with Crippen LogP contribution in [0.4, 0.5) is 5.69 Å². The average Bonchev–Trinajstić information content (AvgIpc) is 2.86. The zero-order valence-electron chi connectivity index (χ0n) is 18.7. The van der Waals surface area contributed by atoms with Gasteiger partial charge in [0.15, 0.2) is 0 Å². The Kier molecular flexibility index (Phi) is 7.00. The van der Waals surface area contributed by atoms with Crippen LogP contribution in [0.25, 0.3) is 0 Å². The molecule has 1 saturated heterocycles. The van der Waals surface area contributed by atoms with Gasteiger partial charge in [0.2, 0.25) is 11.8 Å². The molecule has 1 aliphatic rings. The lowest BCUT2D eigenvalue weighted by Gasteiger charge is -2.40. The van der Waals surface area contributed by atoms with Gasteiger partial charge in [0.25, 0.3) is 0 Å². The molecule has 0 saturated carbocycles. The van der Waals surface area contributed by atoms with Gasteiger partial charge in [-0.3, -0.25) is 19.5 Å². The van der Waals surface area contributed by atoms with Crippen LogP contribution in [0.5, 0.6) is 11.5 Å². The number of likely N-dealkylation sites (N-methyl/N-ethyl adjacent to an activating group) is 1. The van der Waals surface area contributed by atoms with Crippen molar-refractivity contribution in [3.63, 3.8) is 0 Å². The molecule has 2 N–H and O–H groups in total. The predicted molar refractivity (Wildman–Crippen MR) is 127 cm³/mol. The molecule has 33 heavy (non-hydrogen) atoms. The number of nitrogens with zero attached hydrogens (tertiary/aromatic N) is 2. The Hall–Kier alpha value is -3.71. The molecule has 1 aromatic heterocycles. The van der Waals surface area contributed by atoms with Crippen molar-refractivity contribution in [2.24, 2.45) is 0 Å². The third kappa shape index (κ3) is 5.38. The summed E-state index contributed by atoms with van der Waals surface area (Å²) in [4.78, 5) is 32.1. The summed E-state index contributed by atoms with van der Waals surface area (Å²) in [7, 11) is 1.64. The monoisotopic (exact) mass is 444 g/mol. The van der Waals surface area contributed by atoms with Crippen LogP contribution in [0, 0.1) is 0 Å². The summed E-state index contributed by atoms with van der Waals surface area (Å²) in [6.07, 6.45) is 3.21. The number of anilines is 1. The molecule has 7 nitrogen and oxygen atoms in total. The number of pyridine rings is 1. The van der Waals surface area contributed by atoms with Crippen LogP contribution in [0.15, 0.2) is 79.0 Å². The summed E-state index contributed by atoms with van der Waals surface area (Å²) >= 11 is 0. The van der Waals surface area contributed by atoms with E-state index in [1.54, 1.807) is 13.2 Å². The highest BCUT2D eigenvalue weighted by atomic mass is 16.5. The molecule has 7 heteroatoms. The smallest absolute Gasteiger partial charge is 0.238 e. The van der Waals surface area contributed by atoms with Crippen molar-refractivity contribution in [2.75, 3.05) is 32.0 Å². The molecule has 1 aliphatic heterocycles. The van der Waals surface area contributed by atoms with Crippen molar-refractivity contribution < 1.29 is 14.3 Å². The van der Waals surface area contributed by atoms with Crippen molar-refractivity contribution in [3.05, 3.63) is 84.7 Å². The number of likely N-dealkylation sites (tertiary alicyclic amines) is 1. The Balaban J connectivity index is 1.38. The van der Waals surface area contributed by atoms with Gasteiger partial charge in [-0.1, -0.05) is 24.3 Å². The van der Waals surface area contributed by atoms with Crippen LogP contribution in [0.2, 0.25) is 0 Å². The largest absolute Gasteiger partial charge is 0.457 e. The zero-order valence-corrected chi connectivity index (χ0v) is 18.7. The van der Waals surface area contributed by atoms with Crippen LogP contribution in [0.3, 0.4) is 0 Å². The number of ether oxygens (including phenoxy) is 1. The normalized spacial score (nSPS) is 18.3. The topological polar surface area (TPSA) is 83.6 Å². The second-order valence-electron chi connectivity index (χ2n) is 8.18. The number of nitrogens with one attached hydrogen (secondary N) is 2. The molecule has 0 bridgehead atoms. The SMILES string of the molecule is CNC(=O)C1(c2ccccn2)CCCN(CC(=O)Nc2ccc(Oc3ccccc3)cc2)C1. The number of carbonyl (C=O) groups excluding carboxylic acids is 2. The van der Waals surface area contributed by atoms with Gasteiger partial charge >= 0.3 is 0 Å². The van der Waals surface area contributed by atoms with Gasteiger partial charge in [-0.15, -0.1) is 0 Å². The highest BCUT2D eigenvalue weighted by molar-refractivity contribution is 5.92. The molecule has 2 heterocycles. The number of rotatable bonds is 7. The van der Waals surface area contributed by atoms with Gasteiger partial charge in [0.1, 0.15) is 16.9 Å². The minimum absolute atomic E-state index is 0.0692. The first kappa shape index (κ1) is 22.5. The van der Waals surface area contributed by atoms with Crippen LogP contribution < -0.4 is 15.4 Å². The predicted octanol–water partition coefficient (Wildman–Crippen LogP) is 3.59. The Bertz CT molecular complexity index is 1070. The van der Waals surface area contributed by atoms with E-state index in [1.165, 1.54) is 0 Å². The van der Waals surface area contributed by atoms with Gasteiger partial charge in [-0.2, -0.15) is 0 Å². The maximum absolute atomic E-state index is 12.9. The molecule has 1 atom stereocenters. The molecule has 170 valence electrons. The Morgan fingerprint density at radius 2 is 1.73 bits per heavy atom. The van der Waals surface area contributed by atoms with Gasteiger partial charge in [0.05, 0.1) is 12.2 Å². The molecule has 2 aromatic carbocycles. The lowest BCUT2D eigenvalue weighted by molar-refractivity contribution is -0.130. The summed E-state index contributed by atoms with van der Waals surface area (Å²) in [6.45, 7) is 1.40. The molecule has 0 spiro atoms. The average molecular weight is 445 g/mol. The van der Waals surface area contributed by atoms with E-state index in [4.69, 9.17) is 4.74 Å². The maximum atomic E-state index is 12.9. The summed E-state index contributed by atoms with van der Waals surface area (Å²) in [5, 5.41) is 5.73. The number of aromatic nitrogens is 1. The van der Waals surface area contributed by atoms with E-state index in [2.05, 4.69) is 15.6 Å². The minimum Gasteiger partial charge on any atom is -0.457 e. The highest BCUT2D eigenvalue weighted by Gasteiger charge is 2.44. The molecular weight excluding hydrogens is 416 g/mol. The van der Waals surface area contributed by atoms with E-state index < -0.39 is 5.41 Å². The van der Waals surface area contributed by atoms with Crippen molar-refractivity contribution in [1.29, 1.82) is 0 Å². The van der Waals surface area contributed by atoms with Crippen LogP contribution >= 0.6 is 0 Å². The fraction of sp³-hybridized carbons (Fsp3) is 0.269. The van der Waals surface area contributed by atoms with E-state index in [9.17, 15) is 9.59 Å².